The summed E-state index contributed by atoms with van der Waals surface area (Å²) in [7, 11) is 1.89. The second kappa shape index (κ2) is 4.82. The minimum absolute atomic E-state index is 0.542. The summed E-state index contributed by atoms with van der Waals surface area (Å²) < 4.78 is 1.84. The van der Waals surface area contributed by atoms with E-state index in [2.05, 4.69) is 9.97 Å². The Kier molecular flexibility index (Phi) is 3.01. The molecule has 3 rings (SSSR count). The lowest BCUT2D eigenvalue weighted by Gasteiger charge is -2.10. The van der Waals surface area contributed by atoms with Crippen LogP contribution in [0.15, 0.2) is 49.1 Å². The molecule has 0 aliphatic rings. The van der Waals surface area contributed by atoms with E-state index in [9.17, 15) is 5.11 Å². The van der Waals surface area contributed by atoms with Crippen LogP contribution in [0.3, 0.4) is 0 Å². The first-order valence-corrected chi connectivity index (χ1v) is 6.22. The number of imidazole rings is 1. The Balaban J connectivity index is 1.93. The molecule has 0 spiro atoms. The maximum Gasteiger partial charge on any atom is 0.102 e. The highest BCUT2D eigenvalue weighted by Crippen LogP contribution is 2.22. The summed E-state index contributed by atoms with van der Waals surface area (Å²) in [5.74, 6) is 0. The lowest BCUT2D eigenvalue weighted by atomic mass is 10.0. The monoisotopic (exact) mass is 253 g/mol. The molecule has 3 aromatic rings. The average molecular weight is 253 g/mol. The summed E-state index contributed by atoms with van der Waals surface area (Å²) >= 11 is 0. The van der Waals surface area contributed by atoms with Crippen molar-refractivity contribution in [3.8, 4) is 0 Å². The van der Waals surface area contributed by atoms with Gasteiger partial charge in [0.15, 0.2) is 0 Å². The van der Waals surface area contributed by atoms with Crippen molar-refractivity contribution in [3.05, 3.63) is 60.3 Å². The molecule has 0 amide bonds. The summed E-state index contributed by atoms with van der Waals surface area (Å²) in [5, 5.41) is 11.3. The van der Waals surface area contributed by atoms with Crippen LogP contribution in [0.4, 0.5) is 0 Å². The van der Waals surface area contributed by atoms with Gasteiger partial charge in [-0.25, -0.2) is 4.98 Å². The normalized spacial score (nSPS) is 12.7. The molecule has 0 fully saturated rings. The molecule has 19 heavy (non-hydrogen) atoms. The van der Waals surface area contributed by atoms with Crippen molar-refractivity contribution in [1.82, 2.24) is 14.5 Å². The SMILES string of the molecule is Cn1cnc(C(O)Cc2ccnc3ccccc23)c1. The van der Waals surface area contributed by atoms with Crippen LogP contribution in [0.25, 0.3) is 10.9 Å². The molecular formula is C15H15N3O. The molecule has 2 aromatic heterocycles. The summed E-state index contributed by atoms with van der Waals surface area (Å²) in [6, 6.07) is 9.91. The Morgan fingerprint density at radius 1 is 1.21 bits per heavy atom. The predicted molar refractivity (Wildman–Crippen MR) is 73.6 cm³/mol. The number of aryl methyl sites for hydroxylation is 1. The Hall–Kier alpha value is -2.20. The van der Waals surface area contributed by atoms with E-state index in [4.69, 9.17) is 0 Å². The first-order chi connectivity index (χ1) is 9.24. The lowest BCUT2D eigenvalue weighted by Crippen LogP contribution is -2.03. The van der Waals surface area contributed by atoms with Crippen LogP contribution in [-0.2, 0) is 13.5 Å². The van der Waals surface area contributed by atoms with Crippen molar-refractivity contribution >= 4 is 10.9 Å². The molecule has 2 heterocycles. The number of benzene rings is 1. The van der Waals surface area contributed by atoms with Crippen molar-refractivity contribution in [1.29, 1.82) is 0 Å². The van der Waals surface area contributed by atoms with Crippen LogP contribution in [0.1, 0.15) is 17.4 Å². The van der Waals surface area contributed by atoms with Crippen LogP contribution in [0, 0.1) is 0 Å². The standard InChI is InChI=1S/C15H15N3O/c1-18-9-14(17-10-18)15(19)8-11-6-7-16-13-5-3-2-4-12(11)13/h2-7,9-10,15,19H,8H2,1H3. The number of nitrogens with zero attached hydrogens (tertiary/aromatic N) is 3. The minimum atomic E-state index is -0.591. The predicted octanol–water partition coefficient (Wildman–Crippen LogP) is 2.24. The quantitative estimate of drug-likeness (QED) is 0.779. The maximum atomic E-state index is 10.3. The number of aliphatic hydroxyl groups excluding tert-OH is 1. The summed E-state index contributed by atoms with van der Waals surface area (Å²) in [4.78, 5) is 8.51. The van der Waals surface area contributed by atoms with Gasteiger partial charge >= 0.3 is 0 Å². The average Bonchev–Trinajstić information content (AvgIpc) is 2.86. The molecule has 1 aromatic carbocycles. The van der Waals surface area contributed by atoms with Gasteiger partial charge in [-0.15, -0.1) is 0 Å². The molecule has 0 saturated carbocycles. The molecule has 1 unspecified atom stereocenters. The first kappa shape index (κ1) is 11.9. The number of hydrogen-bond acceptors (Lipinski definition) is 3. The van der Waals surface area contributed by atoms with Gasteiger partial charge in [0.05, 0.1) is 17.5 Å². The summed E-state index contributed by atoms with van der Waals surface area (Å²) in [6.45, 7) is 0. The first-order valence-electron chi connectivity index (χ1n) is 6.22. The zero-order valence-electron chi connectivity index (χ0n) is 10.7. The number of aromatic nitrogens is 3. The Morgan fingerprint density at radius 3 is 2.84 bits per heavy atom. The number of hydrogen-bond donors (Lipinski definition) is 1. The Morgan fingerprint density at radius 2 is 2.05 bits per heavy atom. The third-order valence-corrected chi connectivity index (χ3v) is 3.22. The molecule has 0 saturated heterocycles. The van der Waals surface area contributed by atoms with E-state index in [1.54, 1.807) is 12.5 Å². The second-order valence-electron chi connectivity index (χ2n) is 4.67. The molecule has 0 radical (unpaired) electrons. The van der Waals surface area contributed by atoms with Crippen molar-refractivity contribution in [2.24, 2.45) is 7.05 Å². The number of para-hydroxylation sites is 1. The lowest BCUT2D eigenvalue weighted by molar-refractivity contribution is 0.174. The minimum Gasteiger partial charge on any atom is -0.386 e. The van der Waals surface area contributed by atoms with Crippen LogP contribution >= 0.6 is 0 Å². The topological polar surface area (TPSA) is 50.9 Å². The molecule has 0 aliphatic carbocycles. The zero-order valence-corrected chi connectivity index (χ0v) is 10.7. The van der Waals surface area contributed by atoms with Gasteiger partial charge in [0, 0.05) is 31.2 Å². The molecule has 4 nitrogen and oxygen atoms in total. The molecule has 96 valence electrons. The molecule has 0 bridgehead atoms. The Labute approximate surface area is 111 Å². The summed E-state index contributed by atoms with van der Waals surface area (Å²) in [5.41, 5.74) is 2.74. The van der Waals surface area contributed by atoms with Crippen LogP contribution < -0.4 is 0 Å². The van der Waals surface area contributed by atoms with Gasteiger partial charge in [-0.2, -0.15) is 0 Å². The highest BCUT2D eigenvalue weighted by molar-refractivity contribution is 5.81. The highest BCUT2D eigenvalue weighted by Gasteiger charge is 2.13. The number of pyridine rings is 1. The fourth-order valence-electron chi connectivity index (χ4n) is 2.25. The van der Waals surface area contributed by atoms with Gasteiger partial charge in [-0.05, 0) is 17.7 Å². The van der Waals surface area contributed by atoms with E-state index in [0.29, 0.717) is 12.1 Å². The number of rotatable bonds is 3. The van der Waals surface area contributed by atoms with E-state index in [-0.39, 0.29) is 0 Å². The molecular weight excluding hydrogens is 238 g/mol. The van der Waals surface area contributed by atoms with E-state index < -0.39 is 6.10 Å². The van der Waals surface area contributed by atoms with Gasteiger partial charge in [-0.1, -0.05) is 18.2 Å². The van der Waals surface area contributed by atoms with Crippen molar-refractivity contribution < 1.29 is 5.11 Å². The molecule has 1 N–H and O–H groups in total. The van der Waals surface area contributed by atoms with E-state index in [0.717, 1.165) is 16.5 Å². The molecule has 4 heteroatoms. The van der Waals surface area contributed by atoms with E-state index >= 15 is 0 Å². The van der Waals surface area contributed by atoms with Crippen molar-refractivity contribution in [2.75, 3.05) is 0 Å². The maximum absolute atomic E-state index is 10.3. The second-order valence-corrected chi connectivity index (χ2v) is 4.67. The van der Waals surface area contributed by atoms with Crippen LogP contribution in [0.5, 0.6) is 0 Å². The van der Waals surface area contributed by atoms with Crippen LogP contribution in [0.2, 0.25) is 0 Å². The van der Waals surface area contributed by atoms with Gasteiger partial charge < -0.3 is 9.67 Å². The molecule has 0 aliphatic heterocycles. The van der Waals surface area contributed by atoms with E-state index in [1.807, 2.05) is 48.1 Å². The fraction of sp³-hybridized carbons (Fsp3) is 0.200. The number of aliphatic hydroxyl groups is 1. The third-order valence-electron chi connectivity index (χ3n) is 3.22. The van der Waals surface area contributed by atoms with Gasteiger partial charge in [0.2, 0.25) is 0 Å². The number of fused-ring (bicyclic) bond motifs is 1. The largest absolute Gasteiger partial charge is 0.386 e. The van der Waals surface area contributed by atoms with Gasteiger partial charge in [0.25, 0.3) is 0 Å². The third kappa shape index (κ3) is 2.35. The fourth-order valence-corrected chi connectivity index (χ4v) is 2.25. The highest BCUT2D eigenvalue weighted by atomic mass is 16.3. The van der Waals surface area contributed by atoms with Crippen LogP contribution in [-0.4, -0.2) is 19.6 Å². The van der Waals surface area contributed by atoms with Crippen molar-refractivity contribution in [2.45, 2.75) is 12.5 Å². The Bertz CT molecular complexity index is 700. The summed E-state index contributed by atoms with van der Waals surface area (Å²) in [6.07, 6.45) is 5.27. The van der Waals surface area contributed by atoms with E-state index in [1.165, 1.54) is 0 Å². The molecule has 1 atom stereocenters. The van der Waals surface area contributed by atoms with Gasteiger partial charge in [-0.3, -0.25) is 4.98 Å². The van der Waals surface area contributed by atoms with Gasteiger partial charge in [0.1, 0.15) is 6.10 Å². The van der Waals surface area contributed by atoms with Crippen molar-refractivity contribution in [3.63, 3.8) is 0 Å². The smallest absolute Gasteiger partial charge is 0.102 e. The zero-order chi connectivity index (χ0) is 13.2.